The van der Waals surface area contributed by atoms with Gasteiger partial charge in [0.2, 0.25) is 10.0 Å². The summed E-state index contributed by atoms with van der Waals surface area (Å²) in [7, 11) is -3.72. The van der Waals surface area contributed by atoms with Crippen molar-refractivity contribution in [1.29, 1.82) is 0 Å². The number of sulfonamides is 1. The zero-order valence-corrected chi connectivity index (χ0v) is 17.2. The third kappa shape index (κ3) is 4.26. The molecule has 0 aromatic heterocycles. The molecule has 5 heteroatoms. The van der Waals surface area contributed by atoms with E-state index in [0.29, 0.717) is 5.75 Å². The molecule has 0 saturated carbocycles. The molecule has 0 heterocycles. The van der Waals surface area contributed by atoms with Gasteiger partial charge in [-0.15, -0.1) is 0 Å². The Morgan fingerprint density at radius 1 is 0.828 bits per heavy atom. The Bertz CT molecular complexity index is 1130. The molecule has 0 unspecified atom stereocenters. The van der Waals surface area contributed by atoms with E-state index >= 15 is 0 Å². The van der Waals surface area contributed by atoms with E-state index < -0.39 is 22.2 Å². The second-order valence-corrected chi connectivity index (χ2v) is 9.01. The van der Waals surface area contributed by atoms with Crippen molar-refractivity contribution >= 4 is 16.1 Å². The third-order valence-electron chi connectivity index (χ3n) is 5.03. The number of aryl methyl sites for hydroxylation is 2. The molecule has 1 aliphatic rings. The average molecular weight is 406 g/mol. The maximum absolute atomic E-state index is 13.1. The summed E-state index contributed by atoms with van der Waals surface area (Å²) in [6.45, 7) is 3.94. The van der Waals surface area contributed by atoms with Gasteiger partial charge in [-0.1, -0.05) is 65.7 Å². The smallest absolute Gasteiger partial charge is 0.241 e. The van der Waals surface area contributed by atoms with Crippen molar-refractivity contribution in [2.75, 3.05) is 0 Å². The lowest BCUT2D eigenvalue weighted by Gasteiger charge is -2.31. The van der Waals surface area contributed by atoms with Gasteiger partial charge in [0, 0.05) is 0 Å². The number of hydrogen-bond donors (Lipinski definition) is 1. The summed E-state index contributed by atoms with van der Waals surface area (Å²) in [5.41, 5.74) is 4.02. The number of nitrogens with one attached hydrogen (secondary N) is 1. The largest absolute Gasteiger partial charge is 0.484 e. The van der Waals surface area contributed by atoms with Crippen molar-refractivity contribution < 1.29 is 13.2 Å². The van der Waals surface area contributed by atoms with Crippen LogP contribution in [0.3, 0.4) is 0 Å². The lowest BCUT2D eigenvalue weighted by atomic mass is 9.91. The number of benzene rings is 3. The monoisotopic (exact) mass is 405 g/mol. The maximum Gasteiger partial charge on any atom is 0.241 e. The Balaban J connectivity index is 1.68. The minimum Gasteiger partial charge on any atom is -0.484 e. The second kappa shape index (κ2) is 7.85. The zero-order valence-electron chi connectivity index (χ0n) is 16.4. The van der Waals surface area contributed by atoms with E-state index in [-0.39, 0.29) is 4.90 Å². The summed E-state index contributed by atoms with van der Waals surface area (Å²) in [4.78, 5) is 0.240. The predicted molar refractivity (Wildman–Crippen MR) is 115 cm³/mol. The molecular formula is C24H23NO3S. The van der Waals surface area contributed by atoms with Crippen LogP contribution in [0.5, 0.6) is 5.75 Å². The summed E-state index contributed by atoms with van der Waals surface area (Å²) < 4.78 is 35.2. The van der Waals surface area contributed by atoms with Crippen molar-refractivity contribution in [3.63, 3.8) is 0 Å². The van der Waals surface area contributed by atoms with E-state index in [4.69, 9.17) is 4.74 Å². The van der Waals surface area contributed by atoms with Gasteiger partial charge in [0.1, 0.15) is 11.9 Å². The second-order valence-electron chi connectivity index (χ2n) is 7.30. The van der Waals surface area contributed by atoms with E-state index in [2.05, 4.69) is 4.72 Å². The molecule has 0 spiro atoms. The first kappa shape index (κ1) is 19.4. The highest BCUT2D eigenvalue weighted by Gasteiger charge is 2.32. The number of fused-ring (bicyclic) bond motifs is 1. The van der Waals surface area contributed by atoms with Gasteiger partial charge in [-0.3, -0.25) is 0 Å². The SMILES string of the molecule is Cc1ccc(O[C@@H]2C=Cc3ccccc3[C@H]2NS(=O)(=O)c2ccc(C)cc2)cc1. The van der Waals surface area contributed by atoms with Crippen molar-refractivity contribution in [2.45, 2.75) is 30.9 Å². The first-order valence-electron chi connectivity index (χ1n) is 9.52. The molecule has 1 N–H and O–H groups in total. The molecule has 0 saturated heterocycles. The molecule has 0 aliphatic heterocycles. The minimum atomic E-state index is -3.72. The lowest BCUT2D eigenvalue weighted by molar-refractivity contribution is 0.208. The van der Waals surface area contributed by atoms with E-state index in [1.54, 1.807) is 24.3 Å². The molecule has 0 fully saturated rings. The number of rotatable bonds is 5. The van der Waals surface area contributed by atoms with E-state index in [9.17, 15) is 8.42 Å². The van der Waals surface area contributed by atoms with Crippen LogP contribution in [0.2, 0.25) is 0 Å². The summed E-state index contributed by atoms with van der Waals surface area (Å²) in [6, 6.07) is 21.8. The van der Waals surface area contributed by atoms with E-state index in [0.717, 1.165) is 22.3 Å². The van der Waals surface area contributed by atoms with Crippen molar-refractivity contribution in [3.8, 4) is 5.75 Å². The van der Waals surface area contributed by atoms with Crippen LogP contribution in [0.4, 0.5) is 0 Å². The zero-order chi connectivity index (χ0) is 20.4. The Labute approximate surface area is 171 Å². The van der Waals surface area contributed by atoms with Crippen LogP contribution >= 0.6 is 0 Å². The number of hydrogen-bond acceptors (Lipinski definition) is 3. The van der Waals surface area contributed by atoms with Gasteiger partial charge in [-0.2, -0.15) is 4.72 Å². The first-order chi connectivity index (χ1) is 13.9. The highest BCUT2D eigenvalue weighted by Crippen LogP contribution is 2.32. The van der Waals surface area contributed by atoms with E-state index in [1.807, 2.05) is 74.5 Å². The molecule has 0 bridgehead atoms. The van der Waals surface area contributed by atoms with Gasteiger partial charge in [0.25, 0.3) is 0 Å². The molecule has 4 rings (SSSR count). The minimum absolute atomic E-state index is 0.240. The summed E-state index contributed by atoms with van der Waals surface area (Å²) in [6.07, 6.45) is 3.42. The predicted octanol–water partition coefficient (Wildman–Crippen LogP) is 4.80. The molecule has 1 aliphatic carbocycles. The Morgan fingerprint density at radius 3 is 2.14 bits per heavy atom. The van der Waals surface area contributed by atoms with Gasteiger partial charge in [0.05, 0.1) is 10.9 Å². The van der Waals surface area contributed by atoms with Crippen LogP contribution in [0.15, 0.2) is 83.8 Å². The van der Waals surface area contributed by atoms with Crippen LogP contribution in [-0.2, 0) is 10.0 Å². The molecule has 2 atom stereocenters. The van der Waals surface area contributed by atoms with Crippen molar-refractivity contribution in [2.24, 2.45) is 0 Å². The van der Waals surface area contributed by atoms with Gasteiger partial charge in [0.15, 0.2) is 0 Å². The fourth-order valence-corrected chi connectivity index (χ4v) is 4.62. The Morgan fingerprint density at radius 2 is 1.45 bits per heavy atom. The standard InChI is InChI=1S/C24H23NO3S/c1-17-7-12-20(13-8-17)28-23-16-11-19-5-3-4-6-22(19)24(23)25-29(26,27)21-14-9-18(2)10-15-21/h3-16,23-25H,1-2H3/t23-,24-/m1/s1. The topological polar surface area (TPSA) is 55.4 Å². The molecule has 4 nitrogen and oxygen atoms in total. The average Bonchev–Trinajstić information content (AvgIpc) is 2.71. The van der Waals surface area contributed by atoms with Gasteiger partial charge < -0.3 is 4.74 Å². The molecule has 0 amide bonds. The van der Waals surface area contributed by atoms with Crippen LogP contribution in [0.25, 0.3) is 6.08 Å². The van der Waals surface area contributed by atoms with Gasteiger partial charge >= 0.3 is 0 Å². The molecule has 29 heavy (non-hydrogen) atoms. The molecule has 0 radical (unpaired) electrons. The fraction of sp³-hybridized carbons (Fsp3) is 0.167. The van der Waals surface area contributed by atoms with Crippen LogP contribution in [0, 0.1) is 13.8 Å². The quantitative estimate of drug-likeness (QED) is 0.664. The normalized spacial score (nSPS) is 18.3. The van der Waals surface area contributed by atoms with Crippen LogP contribution in [-0.4, -0.2) is 14.5 Å². The molecule has 3 aromatic rings. The highest BCUT2D eigenvalue weighted by molar-refractivity contribution is 7.89. The summed E-state index contributed by atoms with van der Waals surface area (Å²) in [5.74, 6) is 0.698. The molecule has 148 valence electrons. The van der Waals surface area contributed by atoms with E-state index in [1.165, 1.54) is 0 Å². The first-order valence-corrected chi connectivity index (χ1v) is 11.0. The van der Waals surface area contributed by atoms with Crippen molar-refractivity contribution in [1.82, 2.24) is 4.72 Å². The van der Waals surface area contributed by atoms with Gasteiger partial charge in [-0.25, -0.2) is 8.42 Å². The molecular weight excluding hydrogens is 382 g/mol. The highest BCUT2D eigenvalue weighted by atomic mass is 32.2. The number of ether oxygens (including phenoxy) is 1. The van der Waals surface area contributed by atoms with Crippen LogP contribution in [0.1, 0.15) is 28.3 Å². The summed E-state index contributed by atoms with van der Waals surface area (Å²) >= 11 is 0. The van der Waals surface area contributed by atoms with Crippen LogP contribution < -0.4 is 9.46 Å². The lowest BCUT2D eigenvalue weighted by Crippen LogP contribution is -2.39. The van der Waals surface area contributed by atoms with Crippen molar-refractivity contribution in [3.05, 3.63) is 101 Å². The fourth-order valence-electron chi connectivity index (χ4n) is 3.40. The molecule has 3 aromatic carbocycles. The Hall–Kier alpha value is -2.89. The summed E-state index contributed by atoms with van der Waals surface area (Å²) in [5, 5.41) is 0. The Kier molecular flexibility index (Phi) is 5.26. The maximum atomic E-state index is 13.1. The third-order valence-corrected chi connectivity index (χ3v) is 6.49. The van der Waals surface area contributed by atoms with Gasteiger partial charge in [-0.05, 0) is 55.3 Å².